The molecule has 0 radical (unpaired) electrons. The molecule has 3 heterocycles. The number of hydrogen-bond acceptors (Lipinski definition) is 5. The Morgan fingerprint density at radius 3 is 2.58 bits per heavy atom. The summed E-state index contributed by atoms with van der Waals surface area (Å²) in [7, 11) is -3.07. The SMILES string of the molecule is Cc1cccc(C(C)C)c1NC(=O)c1cc(C2CC2)nc2c1c(C)nn2C1CCS(=O)(=O)C1. The first kappa shape index (κ1) is 22.1. The highest BCUT2D eigenvalue weighted by Crippen LogP contribution is 2.41. The van der Waals surface area contributed by atoms with Crippen LogP contribution in [0.15, 0.2) is 24.3 Å². The highest BCUT2D eigenvalue weighted by molar-refractivity contribution is 7.91. The van der Waals surface area contributed by atoms with E-state index in [1.807, 2.05) is 32.0 Å². The van der Waals surface area contributed by atoms with Crippen molar-refractivity contribution in [3.8, 4) is 0 Å². The smallest absolute Gasteiger partial charge is 0.256 e. The molecule has 2 fully saturated rings. The number of hydrogen-bond donors (Lipinski definition) is 1. The first-order valence-electron chi connectivity index (χ1n) is 11.7. The average Bonchev–Trinajstić information content (AvgIpc) is 3.47. The number of fused-ring (bicyclic) bond motifs is 1. The van der Waals surface area contributed by atoms with Gasteiger partial charge in [0.25, 0.3) is 5.91 Å². The average molecular weight is 467 g/mol. The quantitative estimate of drug-likeness (QED) is 0.590. The fourth-order valence-electron chi connectivity index (χ4n) is 4.85. The van der Waals surface area contributed by atoms with Gasteiger partial charge in [-0.2, -0.15) is 5.10 Å². The van der Waals surface area contributed by atoms with Gasteiger partial charge >= 0.3 is 0 Å². The van der Waals surface area contributed by atoms with Crippen molar-refractivity contribution < 1.29 is 13.2 Å². The Labute approximate surface area is 194 Å². The van der Waals surface area contributed by atoms with E-state index in [9.17, 15) is 13.2 Å². The van der Waals surface area contributed by atoms with Gasteiger partial charge in [-0.05, 0) is 56.2 Å². The van der Waals surface area contributed by atoms with Crippen molar-refractivity contribution >= 4 is 32.5 Å². The number of carbonyl (C=O) groups excluding carboxylic acids is 1. The third-order valence-electron chi connectivity index (χ3n) is 6.82. The summed E-state index contributed by atoms with van der Waals surface area (Å²) in [6.07, 6.45) is 2.63. The number of aromatic nitrogens is 3. The molecular weight excluding hydrogens is 436 g/mol. The van der Waals surface area contributed by atoms with Crippen molar-refractivity contribution in [3.05, 3.63) is 52.3 Å². The van der Waals surface area contributed by atoms with Crippen molar-refractivity contribution in [3.63, 3.8) is 0 Å². The van der Waals surface area contributed by atoms with E-state index in [4.69, 9.17) is 4.98 Å². The van der Waals surface area contributed by atoms with Crippen LogP contribution in [0.1, 0.15) is 83.9 Å². The maximum Gasteiger partial charge on any atom is 0.256 e. The summed E-state index contributed by atoms with van der Waals surface area (Å²) in [5, 5.41) is 8.57. The minimum atomic E-state index is -3.07. The predicted molar refractivity (Wildman–Crippen MR) is 130 cm³/mol. The largest absolute Gasteiger partial charge is 0.321 e. The third-order valence-corrected chi connectivity index (χ3v) is 8.57. The Bertz CT molecular complexity index is 1370. The molecule has 3 aromatic rings. The molecule has 1 saturated carbocycles. The van der Waals surface area contributed by atoms with E-state index in [-0.39, 0.29) is 29.4 Å². The molecule has 1 aliphatic heterocycles. The van der Waals surface area contributed by atoms with Crippen molar-refractivity contribution in [2.45, 2.75) is 64.8 Å². The summed E-state index contributed by atoms with van der Waals surface area (Å²) in [5.74, 6) is 0.678. The molecule has 5 rings (SSSR count). The summed E-state index contributed by atoms with van der Waals surface area (Å²) >= 11 is 0. The Morgan fingerprint density at radius 2 is 1.94 bits per heavy atom. The molecule has 1 saturated heterocycles. The van der Waals surface area contributed by atoms with Gasteiger partial charge in [0.2, 0.25) is 0 Å². The van der Waals surface area contributed by atoms with Gasteiger partial charge in [-0.25, -0.2) is 18.1 Å². The lowest BCUT2D eigenvalue weighted by molar-refractivity contribution is 0.102. The van der Waals surface area contributed by atoms with Crippen LogP contribution < -0.4 is 5.32 Å². The first-order valence-corrected chi connectivity index (χ1v) is 13.5. The Balaban J connectivity index is 1.62. The van der Waals surface area contributed by atoms with Gasteiger partial charge < -0.3 is 5.32 Å². The summed E-state index contributed by atoms with van der Waals surface area (Å²) in [6.45, 7) is 8.10. The van der Waals surface area contributed by atoms with Gasteiger partial charge in [-0.15, -0.1) is 0 Å². The standard InChI is InChI=1S/C25H30N4O3S/c1-14(2)19-7-5-6-15(3)23(19)27-25(30)20-12-21(17-8-9-17)26-24-22(20)16(4)28-29(24)18-10-11-33(31,32)13-18/h5-7,12,14,17-18H,8-11,13H2,1-4H3,(H,27,30). The van der Waals surface area contributed by atoms with Crippen LogP contribution in [0.2, 0.25) is 0 Å². The number of carbonyl (C=O) groups is 1. The van der Waals surface area contributed by atoms with Crippen LogP contribution in [0.3, 0.4) is 0 Å². The molecule has 1 aliphatic carbocycles. The van der Waals surface area contributed by atoms with E-state index in [1.165, 1.54) is 0 Å². The second-order valence-electron chi connectivity index (χ2n) is 9.80. The maximum absolute atomic E-state index is 13.7. The van der Waals surface area contributed by atoms with Crippen LogP contribution in [0, 0.1) is 13.8 Å². The number of aryl methyl sites for hydroxylation is 2. The number of anilines is 1. The maximum atomic E-state index is 13.7. The van der Waals surface area contributed by atoms with Gasteiger partial charge in [-0.3, -0.25) is 4.79 Å². The molecule has 1 aromatic carbocycles. The number of rotatable bonds is 5. The predicted octanol–water partition coefficient (Wildman–Crippen LogP) is 4.66. The van der Waals surface area contributed by atoms with Gasteiger partial charge in [0.05, 0.1) is 34.2 Å². The lowest BCUT2D eigenvalue weighted by atomic mass is 9.97. The van der Waals surface area contributed by atoms with E-state index in [0.717, 1.165) is 35.3 Å². The summed E-state index contributed by atoms with van der Waals surface area (Å²) in [5.41, 5.74) is 5.74. The number of benzene rings is 1. The van der Waals surface area contributed by atoms with Crippen molar-refractivity contribution in [1.82, 2.24) is 14.8 Å². The van der Waals surface area contributed by atoms with Gasteiger partial charge in [0, 0.05) is 17.3 Å². The zero-order chi connectivity index (χ0) is 23.5. The van der Waals surface area contributed by atoms with Crippen molar-refractivity contribution in [2.24, 2.45) is 0 Å². The summed E-state index contributed by atoms with van der Waals surface area (Å²) in [6, 6.07) is 7.73. The minimum absolute atomic E-state index is 0.0705. The molecule has 1 unspecified atom stereocenters. The molecule has 2 aliphatic rings. The monoisotopic (exact) mass is 466 g/mol. The lowest BCUT2D eigenvalue weighted by Gasteiger charge is -2.17. The van der Waals surface area contributed by atoms with Crippen LogP contribution in [0.5, 0.6) is 0 Å². The second-order valence-corrected chi connectivity index (χ2v) is 12.0. The second kappa shape index (κ2) is 7.94. The molecule has 0 bridgehead atoms. The molecule has 7 nitrogen and oxygen atoms in total. The molecule has 1 atom stereocenters. The fourth-order valence-corrected chi connectivity index (χ4v) is 6.54. The molecule has 2 aromatic heterocycles. The van der Waals surface area contributed by atoms with E-state index in [0.29, 0.717) is 34.6 Å². The highest BCUT2D eigenvalue weighted by Gasteiger charge is 2.34. The topological polar surface area (TPSA) is 93.9 Å². The Hall–Kier alpha value is -2.74. The van der Waals surface area contributed by atoms with Crippen molar-refractivity contribution in [1.29, 1.82) is 0 Å². The van der Waals surface area contributed by atoms with Crippen LogP contribution >= 0.6 is 0 Å². The number of sulfone groups is 1. The molecule has 174 valence electrons. The number of para-hydroxylation sites is 1. The summed E-state index contributed by atoms with van der Waals surface area (Å²) < 4.78 is 26.0. The number of pyridine rings is 1. The highest BCUT2D eigenvalue weighted by atomic mass is 32.2. The van der Waals surface area contributed by atoms with E-state index < -0.39 is 9.84 Å². The minimum Gasteiger partial charge on any atom is -0.321 e. The van der Waals surface area contributed by atoms with Crippen LogP contribution in [0.25, 0.3) is 11.0 Å². The number of nitrogens with one attached hydrogen (secondary N) is 1. The zero-order valence-electron chi connectivity index (χ0n) is 19.6. The van der Waals surface area contributed by atoms with Crippen LogP contribution in [-0.4, -0.2) is 40.6 Å². The zero-order valence-corrected chi connectivity index (χ0v) is 20.4. The van der Waals surface area contributed by atoms with E-state index >= 15 is 0 Å². The summed E-state index contributed by atoms with van der Waals surface area (Å²) in [4.78, 5) is 18.6. The molecule has 8 heteroatoms. The van der Waals surface area contributed by atoms with Crippen molar-refractivity contribution in [2.75, 3.05) is 16.8 Å². The van der Waals surface area contributed by atoms with Gasteiger partial charge in [-0.1, -0.05) is 32.0 Å². The van der Waals surface area contributed by atoms with Gasteiger partial charge in [0.1, 0.15) is 0 Å². The van der Waals surface area contributed by atoms with Gasteiger partial charge in [0.15, 0.2) is 15.5 Å². The molecular formula is C25H30N4O3S. The molecule has 33 heavy (non-hydrogen) atoms. The number of amides is 1. The third kappa shape index (κ3) is 4.05. The Morgan fingerprint density at radius 1 is 1.18 bits per heavy atom. The normalized spacial score (nSPS) is 20.0. The van der Waals surface area contributed by atoms with E-state index in [1.54, 1.807) is 4.68 Å². The molecule has 1 N–H and O–H groups in total. The van der Waals surface area contributed by atoms with E-state index in [2.05, 4.69) is 30.3 Å². The first-order chi connectivity index (χ1) is 15.6. The van der Waals surface area contributed by atoms with Crippen LogP contribution in [-0.2, 0) is 9.84 Å². The Kier molecular flexibility index (Phi) is 5.31. The molecule has 1 amide bonds. The lowest BCUT2D eigenvalue weighted by Crippen LogP contribution is -2.17. The fraction of sp³-hybridized carbons (Fsp3) is 0.480. The van der Waals surface area contributed by atoms with Crippen LogP contribution in [0.4, 0.5) is 5.69 Å². The number of nitrogens with zero attached hydrogens (tertiary/aromatic N) is 3. The molecule has 0 spiro atoms.